The van der Waals surface area contributed by atoms with Crippen LogP contribution >= 0.6 is 0 Å². The predicted molar refractivity (Wildman–Crippen MR) is 61.1 cm³/mol. The highest BCUT2D eigenvalue weighted by molar-refractivity contribution is 5.74. The molecule has 4 N–H and O–H groups in total. The first-order valence-corrected chi connectivity index (χ1v) is 6.13. The Morgan fingerprint density at radius 3 is 2.88 bits per heavy atom. The van der Waals surface area contributed by atoms with Gasteiger partial charge in [0.1, 0.15) is 0 Å². The molecule has 1 aliphatic heterocycles. The Kier molecular flexibility index (Phi) is 4.01. The zero-order chi connectivity index (χ0) is 11.4. The maximum atomic E-state index is 11.5. The molecule has 3 atom stereocenters. The molecule has 2 rings (SSSR count). The molecule has 2 fully saturated rings. The van der Waals surface area contributed by atoms with E-state index in [2.05, 4.69) is 10.6 Å². The minimum Gasteiger partial charge on any atom is -0.379 e. The van der Waals surface area contributed by atoms with Crippen molar-refractivity contribution >= 4 is 6.03 Å². The van der Waals surface area contributed by atoms with Gasteiger partial charge in [0.15, 0.2) is 0 Å². The molecule has 0 aromatic heterocycles. The van der Waals surface area contributed by atoms with E-state index in [0.29, 0.717) is 19.1 Å². The maximum Gasteiger partial charge on any atom is 0.315 e. The third-order valence-corrected chi connectivity index (χ3v) is 3.51. The summed E-state index contributed by atoms with van der Waals surface area (Å²) >= 11 is 0. The van der Waals surface area contributed by atoms with Gasteiger partial charge in [-0.15, -0.1) is 0 Å². The Morgan fingerprint density at radius 1 is 1.38 bits per heavy atom. The van der Waals surface area contributed by atoms with E-state index in [4.69, 9.17) is 10.5 Å². The largest absolute Gasteiger partial charge is 0.379 e. The first-order chi connectivity index (χ1) is 7.75. The highest BCUT2D eigenvalue weighted by Crippen LogP contribution is 2.22. The van der Waals surface area contributed by atoms with Crippen molar-refractivity contribution in [3.8, 4) is 0 Å². The van der Waals surface area contributed by atoms with Gasteiger partial charge in [0.25, 0.3) is 0 Å². The van der Waals surface area contributed by atoms with Crippen molar-refractivity contribution < 1.29 is 9.53 Å². The Labute approximate surface area is 96.1 Å². The molecule has 1 aliphatic carbocycles. The third-order valence-electron chi connectivity index (χ3n) is 3.51. The summed E-state index contributed by atoms with van der Waals surface area (Å²) in [6, 6.07) is 0.349. The Bertz CT molecular complexity index is 241. The minimum atomic E-state index is -0.0883. The van der Waals surface area contributed by atoms with Gasteiger partial charge in [0.05, 0.1) is 12.6 Å². The maximum absolute atomic E-state index is 11.5. The Hall–Kier alpha value is -0.810. The SMILES string of the molecule is NC1CCCC1CNC(=O)NC1CCOC1. The van der Waals surface area contributed by atoms with E-state index in [9.17, 15) is 4.79 Å². The molecule has 16 heavy (non-hydrogen) atoms. The summed E-state index contributed by atoms with van der Waals surface area (Å²) in [7, 11) is 0. The number of hydrogen-bond acceptors (Lipinski definition) is 3. The quantitative estimate of drug-likeness (QED) is 0.644. The molecule has 92 valence electrons. The van der Waals surface area contributed by atoms with Gasteiger partial charge >= 0.3 is 6.03 Å². The Morgan fingerprint density at radius 2 is 2.25 bits per heavy atom. The van der Waals surface area contributed by atoms with Gasteiger partial charge in [-0.2, -0.15) is 0 Å². The zero-order valence-electron chi connectivity index (χ0n) is 9.58. The molecule has 2 amide bonds. The van der Waals surface area contributed by atoms with E-state index >= 15 is 0 Å². The van der Waals surface area contributed by atoms with Crippen LogP contribution in [0.3, 0.4) is 0 Å². The van der Waals surface area contributed by atoms with Gasteiger partial charge in [0, 0.05) is 19.2 Å². The summed E-state index contributed by atoms with van der Waals surface area (Å²) in [5, 5.41) is 5.80. The van der Waals surface area contributed by atoms with Crippen molar-refractivity contribution in [2.24, 2.45) is 11.7 Å². The van der Waals surface area contributed by atoms with Crippen molar-refractivity contribution in [1.82, 2.24) is 10.6 Å². The summed E-state index contributed by atoms with van der Waals surface area (Å²) in [6.45, 7) is 2.08. The number of carbonyl (C=O) groups is 1. The monoisotopic (exact) mass is 227 g/mol. The molecule has 1 saturated carbocycles. The fourth-order valence-electron chi connectivity index (χ4n) is 2.43. The van der Waals surface area contributed by atoms with Crippen LogP contribution in [0.25, 0.3) is 0 Å². The lowest BCUT2D eigenvalue weighted by molar-refractivity contribution is 0.188. The zero-order valence-corrected chi connectivity index (χ0v) is 9.58. The van der Waals surface area contributed by atoms with Gasteiger partial charge < -0.3 is 21.1 Å². The topological polar surface area (TPSA) is 76.4 Å². The number of ether oxygens (including phenoxy) is 1. The standard InChI is InChI=1S/C11H21N3O2/c12-10-3-1-2-8(10)6-13-11(15)14-9-4-5-16-7-9/h8-10H,1-7,12H2,(H2,13,14,15). The van der Waals surface area contributed by atoms with Crippen molar-refractivity contribution in [1.29, 1.82) is 0 Å². The number of nitrogens with two attached hydrogens (primary N) is 1. The van der Waals surface area contributed by atoms with Crippen LogP contribution in [0.15, 0.2) is 0 Å². The first-order valence-electron chi connectivity index (χ1n) is 6.13. The van der Waals surface area contributed by atoms with Crippen LogP contribution in [0.4, 0.5) is 4.79 Å². The third kappa shape index (κ3) is 3.09. The molecule has 0 spiro atoms. The Balaban J connectivity index is 1.63. The van der Waals surface area contributed by atoms with Gasteiger partial charge in [-0.1, -0.05) is 6.42 Å². The molecule has 0 aromatic carbocycles. The average Bonchev–Trinajstić information content (AvgIpc) is 2.87. The van der Waals surface area contributed by atoms with Crippen molar-refractivity contribution in [2.75, 3.05) is 19.8 Å². The number of hydrogen-bond donors (Lipinski definition) is 3. The molecule has 0 radical (unpaired) electrons. The van der Waals surface area contributed by atoms with Gasteiger partial charge in [-0.05, 0) is 25.2 Å². The van der Waals surface area contributed by atoms with Crippen molar-refractivity contribution in [2.45, 2.75) is 37.8 Å². The van der Waals surface area contributed by atoms with Gasteiger partial charge in [-0.3, -0.25) is 0 Å². The summed E-state index contributed by atoms with van der Waals surface area (Å²) in [6.07, 6.45) is 4.32. The molecule has 3 unspecified atom stereocenters. The van der Waals surface area contributed by atoms with E-state index in [1.807, 2.05) is 0 Å². The lowest BCUT2D eigenvalue weighted by Crippen LogP contribution is -2.45. The van der Waals surface area contributed by atoms with E-state index in [-0.39, 0.29) is 18.1 Å². The van der Waals surface area contributed by atoms with Crippen LogP contribution in [0, 0.1) is 5.92 Å². The molecule has 0 aromatic rings. The van der Waals surface area contributed by atoms with Crippen LogP contribution < -0.4 is 16.4 Å². The fraction of sp³-hybridized carbons (Fsp3) is 0.909. The smallest absolute Gasteiger partial charge is 0.315 e. The normalized spacial score (nSPS) is 33.9. The highest BCUT2D eigenvalue weighted by Gasteiger charge is 2.24. The molecule has 0 bridgehead atoms. The molecular weight excluding hydrogens is 206 g/mol. The average molecular weight is 227 g/mol. The van der Waals surface area contributed by atoms with Crippen LogP contribution in [0.2, 0.25) is 0 Å². The van der Waals surface area contributed by atoms with E-state index in [1.54, 1.807) is 0 Å². The van der Waals surface area contributed by atoms with Crippen LogP contribution in [-0.4, -0.2) is 37.9 Å². The number of amides is 2. The fourth-order valence-corrected chi connectivity index (χ4v) is 2.43. The number of nitrogens with one attached hydrogen (secondary N) is 2. The number of rotatable bonds is 3. The number of urea groups is 1. The summed E-state index contributed by atoms with van der Waals surface area (Å²) in [5.74, 6) is 0.450. The summed E-state index contributed by atoms with van der Waals surface area (Å²) < 4.78 is 5.19. The van der Waals surface area contributed by atoms with Crippen molar-refractivity contribution in [3.05, 3.63) is 0 Å². The van der Waals surface area contributed by atoms with E-state index in [1.165, 1.54) is 6.42 Å². The van der Waals surface area contributed by atoms with E-state index in [0.717, 1.165) is 25.9 Å². The summed E-state index contributed by atoms with van der Waals surface area (Å²) in [4.78, 5) is 11.5. The first kappa shape index (κ1) is 11.7. The second-order valence-electron chi connectivity index (χ2n) is 4.77. The lowest BCUT2D eigenvalue weighted by atomic mass is 10.1. The predicted octanol–water partition coefficient (Wildman–Crippen LogP) is 0.202. The molecule has 2 aliphatic rings. The van der Waals surface area contributed by atoms with Gasteiger partial charge in [-0.25, -0.2) is 4.79 Å². The second-order valence-corrected chi connectivity index (χ2v) is 4.77. The lowest BCUT2D eigenvalue weighted by Gasteiger charge is -2.17. The van der Waals surface area contributed by atoms with Crippen LogP contribution in [0.5, 0.6) is 0 Å². The molecule has 1 heterocycles. The molecule has 5 nitrogen and oxygen atoms in total. The second kappa shape index (κ2) is 5.50. The van der Waals surface area contributed by atoms with E-state index < -0.39 is 0 Å². The minimum absolute atomic E-state index is 0.0883. The summed E-state index contributed by atoms with van der Waals surface area (Å²) in [5.41, 5.74) is 5.94. The van der Waals surface area contributed by atoms with Crippen LogP contribution in [-0.2, 0) is 4.74 Å². The molecular formula is C11H21N3O2. The number of carbonyl (C=O) groups excluding carboxylic acids is 1. The highest BCUT2D eigenvalue weighted by atomic mass is 16.5. The van der Waals surface area contributed by atoms with Gasteiger partial charge in [0.2, 0.25) is 0 Å². The molecule has 5 heteroatoms. The van der Waals surface area contributed by atoms with Crippen molar-refractivity contribution in [3.63, 3.8) is 0 Å². The van der Waals surface area contributed by atoms with Crippen LogP contribution in [0.1, 0.15) is 25.7 Å². The molecule has 1 saturated heterocycles.